The third kappa shape index (κ3) is 4.95. The predicted octanol–water partition coefficient (Wildman–Crippen LogP) is 0.656. The highest BCUT2D eigenvalue weighted by Crippen LogP contribution is 2.18. The molecule has 0 radical (unpaired) electrons. The molecule has 5 heteroatoms. The minimum Gasteiger partial charge on any atom is -0.301 e. The van der Waals surface area contributed by atoms with E-state index in [9.17, 15) is 8.42 Å². The van der Waals surface area contributed by atoms with Crippen molar-refractivity contribution >= 4 is 10.0 Å². The molecule has 0 atom stereocenters. The highest BCUT2D eigenvalue weighted by molar-refractivity contribution is 7.88. The van der Waals surface area contributed by atoms with E-state index in [1.165, 1.54) is 6.26 Å². The molecule has 90 valence electrons. The van der Waals surface area contributed by atoms with Crippen LogP contribution < -0.4 is 4.72 Å². The maximum Gasteiger partial charge on any atom is 0.208 e. The summed E-state index contributed by atoms with van der Waals surface area (Å²) in [5.74, 6) is 0.509. The van der Waals surface area contributed by atoms with Crippen molar-refractivity contribution in [3.05, 3.63) is 0 Å². The van der Waals surface area contributed by atoms with Gasteiger partial charge in [0.25, 0.3) is 0 Å². The van der Waals surface area contributed by atoms with Crippen molar-refractivity contribution in [2.24, 2.45) is 5.92 Å². The van der Waals surface area contributed by atoms with Crippen LogP contribution in [0.2, 0.25) is 0 Å². The summed E-state index contributed by atoms with van der Waals surface area (Å²) >= 11 is 0. The molecule has 1 rings (SSSR count). The lowest BCUT2D eigenvalue weighted by Gasteiger charge is -2.34. The fourth-order valence-electron chi connectivity index (χ4n) is 1.94. The van der Waals surface area contributed by atoms with Gasteiger partial charge in [0.1, 0.15) is 0 Å². The largest absolute Gasteiger partial charge is 0.301 e. The fraction of sp³-hybridized carbons (Fsp3) is 1.00. The van der Waals surface area contributed by atoms with Gasteiger partial charge in [-0.3, -0.25) is 0 Å². The number of likely N-dealkylation sites (tertiary alicyclic amines) is 1. The van der Waals surface area contributed by atoms with Crippen molar-refractivity contribution in [1.29, 1.82) is 0 Å². The molecule has 0 aliphatic carbocycles. The van der Waals surface area contributed by atoms with E-state index in [1.54, 1.807) is 0 Å². The number of hydrogen-bond donors (Lipinski definition) is 1. The Kier molecular flexibility index (Phi) is 4.55. The van der Waals surface area contributed by atoms with Crippen LogP contribution in [0.15, 0.2) is 0 Å². The smallest absolute Gasteiger partial charge is 0.208 e. The van der Waals surface area contributed by atoms with Gasteiger partial charge in [-0.05, 0) is 45.7 Å². The van der Waals surface area contributed by atoms with Gasteiger partial charge >= 0.3 is 0 Å². The molecule has 1 aliphatic rings. The molecule has 1 saturated heterocycles. The Morgan fingerprint density at radius 2 is 1.87 bits per heavy atom. The molecule has 1 aliphatic heterocycles. The quantitative estimate of drug-likeness (QED) is 0.777. The Labute approximate surface area is 93.1 Å². The van der Waals surface area contributed by atoms with Crippen LogP contribution in [0.1, 0.15) is 26.7 Å². The van der Waals surface area contributed by atoms with Crippen molar-refractivity contribution in [1.82, 2.24) is 9.62 Å². The average molecular weight is 234 g/mol. The van der Waals surface area contributed by atoms with Crippen LogP contribution >= 0.6 is 0 Å². The van der Waals surface area contributed by atoms with Gasteiger partial charge in [0, 0.05) is 12.6 Å². The first-order chi connectivity index (χ1) is 6.88. The molecule has 1 heterocycles. The maximum absolute atomic E-state index is 10.9. The van der Waals surface area contributed by atoms with E-state index in [1.807, 2.05) is 0 Å². The minimum absolute atomic E-state index is 0.509. The molecule has 15 heavy (non-hydrogen) atoms. The molecule has 0 bridgehead atoms. The van der Waals surface area contributed by atoms with Gasteiger partial charge in [-0.25, -0.2) is 13.1 Å². The number of sulfonamides is 1. The molecule has 0 spiro atoms. The number of nitrogens with zero attached hydrogens (tertiary/aromatic N) is 1. The Balaban J connectivity index is 2.26. The average Bonchev–Trinajstić information content (AvgIpc) is 2.14. The molecular weight excluding hydrogens is 212 g/mol. The van der Waals surface area contributed by atoms with Crippen LogP contribution in [0.4, 0.5) is 0 Å². The van der Waals surface area contributed by atoms with Crippen LogP contribution in [0, 0.1) is 5.92 Å². The molecule has 1 N–H and O–H groups in total. The summed E-state index contributed by atoms with van der Waals surface area (Å²) in [7, 11) is -3.02. The van der Waals surface area contributed by atoms with Gasteiger partial charge in [0.15, 0.2) is 0 Å². The Hall–Kier alpha value is -0.130. The highest BCUT2D eigenvalue weighted by atomic mass is 32.2. The molecule has 0 aromatic rings. The van der Waals surface area contributed by atoms with Crippen LogP contribution in [-0.4, -0.2) is 45.2 Å². The summed E-state index contributed by atoms with van der Waals surface area (Å²) in [5.41, 5.74) is 0. The van der Waals surface area contributed by atoms with E-state index >= 15 is 0 Å². The van der Waals surface area contributed by atoms with Crippen molar-refractivity contribution in [3.63, 3.8) is 0 Å². The SMILES string of the molecule is CC(C)N1CCC(CNS(C)(=O)=O)CC1. The van der Waals surface area contributed by atoms with Crippen LogP contribution in [-0.2, 0) is 10.0 Å². The molecule has 0 aromatic carbocycles. The van der Waals surface area contributed by atoms with E-state index in [-0.39, 0.29) is 0 Å². The molecule has 0 saturated carbocycles. The van der Waals surface area contributed by atoms with E-state index in [4.69, 9.17) is 0 Å². The van der Waals surface area contributed by atoms with E-state index in [0.29, 0.717) is 18.5 Å². The van der Waals surface area contributed by atoms with E-state index in [0.717, 1.165) is 25.9 Å². The zero-order chi connectivity index (χ0) is 11.5. The highest BCUT2D eigenvalue weighted by Gasteiger charge is 2.21. The van der Waals surface area contributed by atoms with Crippen LogP contribution in [0.25, 0.3) is 0 Å². The number of nitrogens with one attached hydrogen (secondary N) is 1. The summed E-state index contributed by atoms with van der Waals surface area (Å²) in [4.78, 5) is 2.44. The molecule has 0 amide bonds. The van der Waals surface area contributed by atoms with Crippen molar-refractivity contribution in [2.75, 3.05) is 25.9 Å². The lowest BCUT2D eigenvalue weighted by molar-refractivity contribution is 0.151. The fourth-order valence-corrected chi connectivity index (χ4v) is 2.48. The summed E-state index contributed by atoms with van der Waals surface area (Å²) in [6.07, 6.45) is 3.41. The molecule has 1 fully saturated rings. The van der Waals surface area contributed by atoms with Crippen LogP contribution in [0.5, 0.6) is 0 Å². The van der Waals surface area contributed by atoms with Gasteiger partial charge in [-0.15, -0.1) is 0 Å². The van der Waals surface area contributed by atoms with Gasteiger partial charge in [-0.2, -0.15) is 0 Å². The van der Waals surface area contributed by atoms with Gasteiger partial charge in [0.2, 0.25) is 10.0 Å². The topological polar surface area (TPSA) is 49.4 Å². The van der Waals surface area contributed by atoms with Crippen molar-refractivity contribution < 1.29 is 8.42 Å². The first-order valence-corrected chi connectivity index (χ1v) is 7.46. The number of piperidine rings is 1. The van der Waals surface area contributed by atoms with Gasteiger partial charge in [0.05, 0.1) is 6.26 Å². The lowest BCUT2D eigenvalue weighted by Crippen LogP contribution is -2.41. The van der Waals surface area contributed by atoms with Crippen molar-refractivity contribution in [3.8, 4) is 0 Å². The zero-order valence-corrected chi connectivity index (χ0v) is 10.7. The van der Waals surface area contributed by atoms with Crippen molar-refractivity contribution in [2.45, 2.75) is 32.7 Å². The molecule has 4 nitrogen and oxygen atoms in total. The first-order valence-electron chi connectivity index (χ1n) is 5.57. The lowest BCUT2D eigenvalue weighted by atomic mass is 9.96. The summed E-state index contributed by atoms with van der Waals surface area (Å²) in [5, 5.41) is 0. The van der Waals surface area contributed by atoms with Gasteiger partial charge in [-0.1, -0.05) is 0 Å². The third-order valence-electron chi connectivity index (χ3n) is 3.01. The van der Waals surface area contributed by atoms with E-state index < -0.39 is 10.0 Å². The monoisotopic (exact) mass is 234 g/mol. The number of hydrogen-bond acceptors (Lipinski definition) is 3. The minimum atomic E-state index is -3.02. The molecular formula is C10H22N2O2S. The first kappa shape index (κ1) is 12.9. The number of rotatable bonds is 4. The Morgan fingerprint density at radius 3 is 2.27 bits per heavy atom. The second-order valence-electron chi connectivity index (χ2n) is 4.69. The maximum atomic E-state index is 10.9. The zero-order valence-electron chi connectivity index (χ0n) is 9.86. The summed E-state index contributed by atoms with van der Waals surface area (Å²) < 4.78 is 24.4. The third-order valence-corrected chi connectivity index (χ3v) is 3.70. The normalized spacial score (nSPS) is 21.1. The van der Waals surface area contributed by atoms with Crippen LogP contribution in [0.3, 0.4) is 0 Å². The second kappa shape index (κ2) is 5.27. The molecule has 0 unspecified atom stereocenters. The molecule has 0 aromatic heterocycles. The van der Waals surface area contributed by atoms with Gasteiger partial charge < -0.3 is 4.90 Å². The second-order valence-corrected chi connectivity index (χ2v) is 6.53. The summed E-state index contributed by atoms with van der Waals surface area (Å²) in [6, 6.07) is 0.605. The Morgan fingerprint density at radius 1 is 1.33 bits per heavy atom. The standard InChI is InChI=1S/C10H22N2O2S/c1-9(2)12-6-4-10(5-7-12)8-11-15(3,13)14/h9-11H,4-8H2,1-3H3. The Bertz CT molecular complexity index is 280. The van der Waals surface area contributed by atoms with E-state index in [2.05, 4.69) is 23.5 Å². The predicted molar refractivity (Wildman–Crippen MR) is 62.3 cm³/mol. The summed E-state index contributed by atoms with van der Waals surface area (Å²) in [6.45, 7) is 7.19.